The number of rotatable bonds is 4. The highest BCUT2D eigenvalue weighted by Crippen LogP contribution is 2.52. The zero-order valence-corrected chi connectivity index (χ0v) is 12.2. The van der Waals surface area contributed by atoms with Crippen LogP contribution in [0.1, 0.15) is 33.1 Å². The second-order valence-electron chi connectivity index (χ2n) is 6.63. The predicted molar refractivity (Wildman–Crippen MR) is 71.7 cm³/mol. The summed E-state index contributed by atoms with van der Waals surface area (Å²) in [5.74, 6) is 3.54. The van der Waals surface area contributed by atoms with Crippen LogP contribution in [0.15, 0.2) is 11.6 Å². The topological polar surface area (TPSA) is 20.2 Å². The lowest BCUT2D eigenvalue weighted by molar-refractivity contribution is 0.348. The van der Waals surface area contributed by atoms with Gasteiger partial charge in [0.1, 0.15) is 0 Å². The van der Waals surface area contributed by atoms with E-state index in [9.17, 15) is 4.80 Å². The zero-order valence-electron chi connectivity index (χ0n) is 11.2. The number of hydrogen-bond acceptors (Lipinski definition) is 1. The second-order valence-corrected chi connectivity index (χ2v) is 10.8. The Hall–Kier alpha value is -0.0831. The summed E-state index contributed by atoms with van der Waals surface area (Å²) in [6, 6.07) is 1.06. The van der Waals surface area contributed by atoms with Crippen molar-refractivity contribution in [2.75, 3.05) is 0 Å². The first kappa shape index (κ1) is 12.4. The molecule has 0 saturated heterocycles. The fourth-order valence-corrected chi connectivity index (χ4v) is 4.62. The Labute approximate surface area is 101 Å². The van der Waals surface area contributed by atoms with Crippen molar-refractivity contribution in [3.05, 3.63) is 11.6 Å². The summed E-state index contributed by atoms with van der Waals surface area (Å²) < 4.78 is 0. The molecule has 1 N–H and O–H groups in total. The van der Waals surface area contributed by atoms with Crippen LogP contribution in [0.25, 0.3) is 0 Å². The Bertz CT molecular complexity index is 290. The van der Waals surface area contributed by atoms with Gasteiger partial charge in [-0.2, -0.15) is 0 Å². The average molecular weight is 238 g/mol. The van der Waals surface area contributed by atoms with E-state index >= 15 is 0 Å². The van der Waals surface area contributed by atoms with E-state index in [0.29, 0.717) is 0 Å². The third kappa shape index (κ3) is 2.43. The molecule has 0 aromatic rings. The quantitative estimate of drug-likeness (QED) is 0.583. The van der Waals surface area contributed by atoms with Crippen LogP contribution in [0.2, 0.25) is 19.1 Å². The summed E-state index contributed by atoms with van der Waals surface area (Å²) in [6.45, 7) is 8.93. The van der Waals surface area contributed by atoms with Crippen molar-refractivity contribution in [3.8, 4) is 0 Å². The van der Waals surface area contributed by atoms with Crippen LogP contribution < -0.4 is 0 Å². The van der Waals surface area contributed by atoms with Crippen LogP contribution in [-0.4, -0.2) is 13.1 Å². The van der Waals surface area contributed by atoms with E-state index in [1.165, 1.54) is 19.3 Å². The minimum atomic E-state index is -1.81. The molecule has 0 spiro atoms. The zero-order chi connectivity index (χ0) is 11.9. The molecule has 0 heterocycles. The maximum Gasteiger partial charge on any atom is 0.182 e. The summed E-state index contributed by atoms with van der Waals surface area (Å²) in [5.41, 5.74) is 1.72. The molecule has 0 amide bonds. The summed E-state index contributed by atoms with van der Waals surface area (Å²) in [4.78, 5) is 9.84. The van der Waals surface area contributed by atoms with Crippen LogP contribution in [0.3, 0.4) is 0 Å². The van der Waals surface area contributed by atoms with Gasteiger partial charge in [-0.05, 0) is 62.1 Å². The van der Waals surface area contributed by atoms with Gasteiger partial charge in [-0.15, -0.1) is 0 Å². The lowest BCUT2D eigenvalue weighted by atomic mass is 9.80. The Morgan fingerprint density at radius 3 is 2.50 bits per heavy atom. The lowest BCUT2D eigenvalue weighted by Gasteiger charge is -2.26. The molecule has 2 heteroatoms. The van der Waals surface area contributed by atoms with E-state index < -0.39 is 8.32 Å². The predicted octanol–water partition coefficient (Wildman–Crippen LogP) is 3.81. The smallest absolute Gasteiger partial charge is 0.182 e. The molecule has 2 bridgehead atoms. The maximum absolute atomic E-state index is 9.84. The van der Waals surface area contributed by atoms with Crippen LogP contribution in [0, 0.1) is 23.7 Å². The largest absolute Gasteiger partial charge is 0.432 e. The molecule has 1 saturated carbocycles. The Morgan fingerprint density at radius 2 is 2.00 bits per heavy atom. The molecule has 0 aliphatic heterocycles. The summed E-state index contributed by atoms with van der Waals surface area (Å²) >= 11 is 0. The van der Waals surface area contributed by atoms with Crippen LogP contribution >= 0.6 is 0 Å². The fraction of sp³-hybridized carbons (Fsp3) is 0.857. The summed E-state index contributed by atoms with van der Waals surface area (Å²) in [6.07, 6.45) is 6.42. The minimum Gasteiger partial charge on any atom is -0.432 e. The Balaban J connectivity index is 1.85. The van der Waals surface area contributed by atoms with E-state index in [1.807, 2.05) is 13.1 Å². The first-order chi connectivity index (χ1) is 7.38. The van der Waals surface area contributed by atoms with Gasteiger partial charge in [0.15, 0.2) is 8.32 Å². The van der Waals surface area contributed by atoms with Crippen molar-refractivity contribution in [1.82, 2.24) is 0 Å². The summed E-state index contributed by atoms with van der Waals surface area (Å²) in [5, 5.41) is 0. The molecule has 0 aromatic carbocycles. The first-order valence-corrected chi connectivity index (χ1v) is 9.97. The van der Waals surface area contributed by atoms with Crippen molar-refractivity contribution in [1.29, 1.82) is 0 Å². The van der Waals surface area contributed by atoms with Crippen LogP contribution in [0.5, 0.6) is 0 Å². The highest BCUT2D eigenvalue weighted by molar-refractivity contribution is 6.69. The highest BCUT2D eigenvalue weighted by atomic mass is 28.4. The van der Waals surface area contributed by atoms with Crippen molar-refractivity contribution in [2.24, 2.45) is 23.7 Å². The SMILES string of the molecule is CC1C2C=C(CCC[Si](C)(C)O)C(C2)C1C. The maximum atomic E-state index is 9.84. The third-order valence-corrected chi connectivity index (χ3v) is 6.40. The molecule has 1 fully saturated rings. The minimum absolute atomic E-state index is 0.870. The van der Waals surface area contributed by atoms with Crippen molar-refractivity contribution in [3.63, 3.8) is 0 Å². The van der Waals surface area contributed by atoms with E-state index in [2.05, 4.69) is 19.9 Å². The van der Waals surface area contributed by atoms with Crippen LogP contribution in [0.4, 0.5) is 0 Å². The third-order valence-electron chi connectivity index (χ3n) is 4.82. The van der Waals surface area contributed by atoms with Crippen LogP contribution in [-0.2, 0) is 0 Å². The van der Waals surface area contributed by atoms with Gasteiger partial charge < -0.3 is 4.80 Å². The van der Waals surface area contributed by atoms with E-state index in [-0.39, 0.29) is 0 Å². The molecule has 0 aromatic heterocycles. The van der Waals surface area contributed by atoms with Gasteiger partial charge in [-0.3, -0.25) is 0 Å². The molecule has 2 aliphatic carbocycles. The van der Waals surface area contributed by atoms with Gasteiger partial charge in [-0.1, -0.05) is 25.5 Å². The molecular weight excluding hydrogens is 212 g/mol. The normalized spacial score (nSPS) is 37.9. The molecule has 4 atom stereocenters. The molecule has 1 nitrogen and oxygen atoms in total. The van der Waals surface area contributed by atoms with Gasteiger partial charge >= 0.3 is 0 Å². The van der Waals surface area contributed by atoms with E-state index in [4.69, 9.17) is 0 Å². The van der Waals surface area contributed by atoms with Gasteiger partial charge in [0.25, 0.3) is 0 Å². The lowest BCUT2D eigenvalue weighted by Crippen LogP contribution is -2.24. The monoisotopic (exact) mass is 238 g/mol. The molecule has 4 unspecified atom stereocenters. The van der Waals surface area contributed by atoms with Crippen molar-refractivity contribution >= 4 is 8.32 Å². The number of fused-ring (bicyclic) bond motifs is 2. The standard InChI is InChI=1S/C14H26OSi/c1-10-11(2)14-9-13(10)8-12(14)6-5-7-16(3,4)15/h8,10-11,13-15H,5-7,9H2,1-4H3. The van der Waals surface area contributed by atoms with Crippen molar-refractivity contribution < 1.29 is 4.80 Å². The average Bonchev–Trinajstić information content (AvgIpc) is 2.66. The van der Waals surface area contributed by atoms with E-state index in [1.54, 1.807) is 5.57 Å². The molecule has 2 rings (SSSR count). The molecule has 0 radical (unpaired) electrons. The fourth-order valence-electron chi connectivity index (χ4n) is 3.58. The van der Waals surface area contributed by atoms with E-state index in [0.717, 1.165) is 29.7 Å². The van der Waals surface area contributed by atoms with Gasteiger partial charge in [0.2, 0.25) is 0 Å². The Kier molecular flexibility index (Phi) is 3.33. The molecule has 92 valence electrons. The van der Waals surface area contributed by atoms with Gasteiger partial charge in [0, 0.05) is 0 Å². The summed E-state index contributed by atoms with van der Waals surface area (Å²) in [7, 11) is -1.81. The molecule has 2 aliphatic rings. The first-order valence-electron chi connectivity index (χ1n) is 6.81. The second kappa shape index (κ2) is 4.30. The number of allylic oxidation sites excluding steroid dienone is 2. The van der Waals surface area contributed by atoms with Gasteiger partial charge in [-0.25, -0.2) is 0 Å². The van der Waals surface area contributed by atoms with Crippen molar-refractivity contribution in [2.45, 2.75) is 52.2 Å². The number of hydrogen-bond donors (Lipinski definition) is 1. The molecular formula is C14H26OSi. The Morgan fingerprint density at radius 1 is 1.31 bits per heavy atom. The molecule has 16 heavy (non-hydrogen) atoms. The van der Waals surface area contributed by atoms with Gasteiger partial charge in [0.05, 0.1) is 0 Å². The highest BCUT2D eigenvalue weighted by Gasteiger charge is 2.43.